The first-order valence-electron chi connectivity index (χ1n) is 5.97. The predicted octanol–water partition coefficient (Wildman–Crippen LogP) is 1.04. The molecule has 2 unspecified atom stereocenters. The monoisotopic (exact) mass is 234 g/mol. The topological polar surface area (TPSA) is 75.3 Å². The summed E-state index contributed by atoms with van der Waals surface area (Å²) < 4.78 is 0. The minimum absolute atomic E-state index is 0.258. The van der Waals surface area contributed by atoms with Gasteiger partial charge in [0.1, 0.15) is 0 Å². The Labute approximate surface area is 101 Å². The van der Waals surface area contributed by atoms with E-state index in [0.717, 1.165) is 25.1 Å². The molecule has 1 saturated heterocycles. The molecule has 2 atom stereocenters. The molecule has 4 N–H and O–H groups in total. The summed E-state index contributed by atoms with van der Waals surface area (Å²) in [5.74, 6) is -0.271. The lowest BCUT2D eigenvalue weighted by Crippen LogP contribution is -2.39. The number of aromatic carboxylic acids is 1. The van der Waals surface area contributed by atoms with E-state index in [1.807, 2.05) is 12.1 Å². The standard InChI is InChI=1S/C13H18N2O2/c14-7-9-8-15-6-5-10(9)11-3-1-2-4-12(11)13(16)17/h1-4,9-10,15H,5-8,14H2,(H,16,17). The molecule has 1 aromatic carbocycles. The van der Waals surface area contributed by atoms with Gasteiger partial charge in [0.05, 0.1) is 5.56 Å². The number of rotatable bonds is 3. The van der Waals surface area contributed by atoms with Crippen LogP contribution in [0.3, 0.4) is 0 Å². The van der Waals surface area contributed by atoms with Gasteiger partial charge in [0.25, 0.3) is 0 Å². The average molecular weight is 234 g/mol. The van der Waals surface area contributed by atoms with Gasteiger partial charge < -0.3 is 16.2 Å². The molecule has 1 heterocycles. The van der Waals surface area contributed by atoms with Crippen LogP contribution in [-0.4, -0.2) is 30.7 Å². The van der Waals surface area contributed by atoms with E-state index in [0.29, 0.717) is 18.0 Å². The number of piperidine rings is 1. The zero-order chi connectivity index (χ0) is 12.3. The van der Waals surface area contributed by atoms with Gasteiger partial charge in [-0.05, 0) is 49.5 Å². The van der Waals surface area contributed by atoms with Crippen LogP contribution in [0.4, 0.5) is 0 Å². The highest BCUT2D eigenvalue weighted by Crippen LogP contribution is 2.31. The van der Waals surface area contributed by atoms with Gasteiger partial charge >= 0.3 is 5.97 Å². The van der Waals surface area contributed by atoms with Crippen LogP contribution in [0, 0.1) is 5.92 Å². The van der Waals surface area contributed by atoms with Crippen LogP contribution in [0.25, 0.3) is 0 Å². The van der Waals surface area contributed by atoms with Crippen molar-refractivity contribution in [1.82, 2.24) is 5.32 Å². The van der Waals surface area contributed by atoms with Crippen molar-refractivity contribution in [3.05, 3.63) is 35.4 Å². The van der Waals surface area contributed by atoms with Gasteiger partial charge in [-0.15, -0.1) is 0 Å². The third-order valence-corrected chi connectivity index (χ3v) is 3.50. The smallest absolute Gasteiger partial charge is 0.335 e. The van der Waals surface area contributed by atoms with Crippen molar-refractivity contribution in [2.24, 2.45) is 11.7 Å². The summed E-state index contributed by atoms with van der Waals surface area (Å²) in [6, 6.07) is 7.26. The molecule has 0 amide bonds. The minimum Gasteiger partial charge on any atom is -0.478 e. The van der Waals surface area contributed by atoms with Crippen LogP contribution >= 0.6 is 0 Å². The SMILES string of the molecule is NCC1CNCCC1c1ccccc1C(=O)O. The Morgan fingerprint density at radius 1 is 1.47 bits per heavy atom. The molecule has 0 bridgehead atoms. The first-order valence-corrected chi connectivity index (χ1v) is 5.97. The summed E-state index contributed by atoms with van der Waals surface area (Å²) in [6.07, 6.45) is 0.951. The summed E-state index contributed by atoms with van der Waals surface area (Å²) in [7, 11) is 0. The Kier molecular flexibility index (Phi) is 3.76. The van der Waals surface area contributed by atoms with Gasteiger partial charge in [-0.1, -0.05) is 18.2 Å². The molecule has 0 saturated carbocycles. The number of hydrogen-bond acceptors (Lipinski definition) is 3. The summed E-state index contributed by atoms with van der Waals surface area (Å²) in [6.45, 7) is 2.38. The zero-order valence-corrected chi connectivity index (χ0v) is 9.73. The highest BCUT2D eigenvalue weighted by Gasteiger charge is 2.28. The van der Waals surface area contributed by atoms with E-state index in [9.17, 15) is 9.90 Å². The van der Waals surface area contributed by atoms with Gasteiger partial charge in [-0.2, -0.15) is 0 Å². The second-order valence-electron chi connectivity index (χ2n) is 4.49. The van der Waals surface area contributed by atoms with Crippen molar-refractivity contribution in [3.8, 4) is 0 Å². The fourth-order valence-electron chi connectivity index (χ4n) is 2.60. The molecule has 1 fully saturated rings. The van der Waals surface area contributed by atoms with E-state index < -0.39 is 5.97 Å². The number of nitrogens with one attached hydrogen (secondary N) is 1. The van der Waals surface area contributed by atoms with Crippen LogP contribution in [0.5, 0.6) is 0 Å². The average Bonchev–Trinajstić information content (AvgIpc) is 2.38. The van der Waals surface area contributed by atoms with Crippen molar-refractivity contribution in [1.29, 1.82) is 0 Å². The summed E-state index contributed by atoms with van der Waals surface area (Å²) >= 11 is 0. The van der Waals surface area contributed by atoms with Crippen molar-refractivity contribution in [3.63, 3.8) is 0 Å². The number of hydrogen-bond donors (Lipinski definition) is 3. The molecule has 17 heavy (non-hydrogen) atoms. The molecule has 1 aliphatic heterocycles. The number of benzene rings is 1. The quantitative estimate of drug-likeness (QED) is 0.730. The maximum Gasteiger partial charge on any atom is 0.335 e. The number of carboxylic acid groups (broad SMARTS) is 1. The van der Waals surface area contributed by atoms with E-state index >= 15 is 0 Å². The Morgan fingerprint density at radius 3 is 2.94 bits per heavy atom. The van der Waals surface area contributed by atoms with Crippen molar-refractivity contribution in [2.45, 2.75) is 12.3 Å². The molecular weight excluding hydrogens is 216 g/mol. The summed E-state index contributed by atoms with van der Waals surface area (Å²) in [4.78, 5) is 11.2. The van der Waals surface area contributed by atoms with E-state index in [4.69, 9.17) is 5.73 Å². The third kappa shape index (κ3) is 2.48. The lowest BCUT2D eigenvalue weighted by atomic mass is 9.79. The van der Waals surface area contributed by atoms with Gasteiger partial charge in [0, 0.05) is 0 Å². The molecule has 0 spiro atoms. The number of carbonyl (C=O) groups is 1. The maximum absolute atomic E-state index is 11.2. The molecule has 0 aliphatic carbocycles. The lowest BCUT2D eigenvalue weighted by molar-refractivity contribution is 0.0694. The maximum atomic E-state index is 11.2. The summed E-state index contributed by atoms with van der Waals surface area (Å²) in [5.41, 5.74) is 7.11. The Morgan fingerprint density at radius 2 is 2.24 bits per heavy atom. The number of nitrogens with two attached hydrogens (primary N) is 1. The first-order chi connectivity index (χ1) is 8.24. The van der Waals surface area contributed by atoms with Crippen LogP contribution in [-0.2, 0) is 0 Å². The molecular formula is C13H18N2O2. The number of carboxylic acids is 1. The van der Waals surface area contributed by atoms with Crippen LogP contribution in [0.2, 0.25) is 0 Å². The Hall–Kier alpha value is -1.39. The van der Waals surface area contributed by atoms with E-state index in [1.54, 1.807) is 12.1 Å². The summed E-state index contributed by atoms with van der Waals surface area (Å²) in [5, 5.41) is 12.5. The van der Waals surface area contributed by atoms with Gasteiger partial charge in [-0.3, -0.25) is 0 Å². The molecule has 92 valence electrons. The van der Waals surface area contributed by atoms with Crippen molar-refractivity contribution >= 4 is 5.97 Å². The highest BCUT2D eigenvalue weighted by molar-refractivity contribution is 5.89. The molecule has 4 nitrogen and oxygen atoms in total. The van der Waals surface area contributed by atoms with Crippen LogP contribution in [0.1, 0.15) is 28.3 Å². The predicted molar refractivity (Wildman–Crippen MR) is 66.2 cm³/mol. The van der Waals surface area contributed by atoms with E-state index in [1.165, 1.54) is 0 Å². The lowest BCUT2D eigenvalue weighted by Gasteiger charge is -2.32. The minimum atomic E-state index is -0.852. The zero-order valence-electron chi connectivity index (χ0n) is 9.73. The molecule has 0 radical (unpaired) electrons. The third-order valence-electron chi connectivity index (χ3n) is 3.50. The Balaban J connectivity index is 2.34. The normalized spacial score (nSPS) is 24.5. The highest BCUT2D eigenvalue weighted by atomic mass is 16.4. The van der Waals surface area contributed by atoms with E-state index in [-0.39, 0.29) is 5.92 Å². The molecule has 1 aliphatic rings. The van der Waals surface area contributed by atoms with E-state index in [2.05, 4.69) is 5.32 Å². The fraction of sp³-hybridized carbons (Fsp3) is 0.462. The first kappa shape index (κ1) is 12.1. The molecule has 0 aromatic heterocycles. The van der Waals surface area contributed by atoms with Gasteiger partial charge in [-0.25, -0.2) is 4.79 Å². The Bertz CT molecular complexity index is 406. The second-order valence-corrected chi connectivity index (χ2v) is 4.49. The van der Waals surface area contributed by atoms with Gasteiger partial charge in [0.15, 0.2) is 0 Å². The van der Waals surface area contributed by atoms with Crippen LogP contribution in [0.15, 0.2) is 24.3 Å². The van der Waals surface area contributed by atoms with Gasteiger partial charge in [0.2, 0.25) is 0 Å². The van der Waals surface area contributed by atoms with Crippen molar-refractivity contribution < 1.29 is 9.90 Å². The van der Waals surface area contributed by atoms with Crippen LogP contribution < -0.4 is 11.1 Å². The molecule has 2 rings (SSSR count). The largest absolute Gasteiger partial charge is 0.478 e. The molecule has 4 heteroatoms. The molecule has 1 aromatic rings. The fourth-order valence-corrected chi connectivity index (χ4v) is 2.60. The second kappa shape index (κ2) is 5.29. The van der Waals surface area contributed by atoms with Crippen molar-refractivity contribution in [2.75, 3.05) is 19.6 Å².